The molecule has 0 aromatic heterocycles. The van der Waals surface area contributed by atoms with Gasteiger partial charge in [0, 0.05) is 29.5 Å². The van der Waals surface area contributed by atoms with E-state index in [0.29, 0.717) is 39.3 Å². The maximum atomic E-state index is 13.1. The molecule has 0 saturated heterocycles. The summed E-state index contributed by atoms with van der Waals surface area (Å²) in [5, 5.41) is 15.6. The lowest BCUT2D eigenvalue weighted by Gasteiger charge is -2.23. The second kappa shape index (κ2) is 6.04. The van der Waals surface area contributed by atoms with E-state index in [-0.39, 0.29) is 17.3 Å². The molecular weight excluding hydrogens is 328 g/mol. The van der Waals surface area contributed by atoms with Crippen LogP contribution in [0, 0.1) is 0 Å². The SMILES string of the molecule is CNc1ccc(Nc2ccc(O)cc2)c2c1C(=O)c1ccccc1C2=O. The number of hydrogen-bond donors (Lipinski definition) is 3. The smallest absolute Gasteiger partial charge is 0.196 e. The first-order chi connectivity index (χ1) is 12.6. The fourth-order valence-electron chi connectivity index (χ4n) is 3.24. The summed E-state index contributed by atoms with van der Waals surface area (Å²) in [6, 6.07) is 16.9. The molecule has 1 aliphatic carbocycles. The van der Waals surface area contributed by atoms with Crippen molar-refractivity contribution < 1.29 is 14.7 Å². The summed E-state index contributed by atoms with van der Waals surface area (Å²) in [4.78, 5) is 26.2. The van der Waals surface area contributed by atoms with E-state index in [2.05, 4.69) is 10.6 Å². The summed E-state index contributed by atoms with van der Waals surface area (Å²) in [7, 11) is 1.72. The summed E-state index contributed by atoms with van der Waals surface area (Å²) in [5.74, 6) is -0.203. The minimum Gasteiger partial charge on any atom is -0.508 e. The van der Waals surface area contributed by atoms with Crippen LogP contribution in [0.4, 0.5) is 17.1 Å². The molecule has 0 heterocycles. The van der Waals surface area contributed by atoms with Crippen LogP contribution in [0.1, 0.15) is 31.8 Å². The van der Waals surface area contributed by atoms with Crippen LogP contribution in [0.25, 0.3) is 0 Å². The molecule has 0 bridgehead atoms. The van der Waals surface area contributed by atoms with E-state index in [0.717, 1.165) is 0 Å². The second-order valence-corrected chi connectivity index (χ2v) is 6.04. The van der Waals surface area contributed by atoms with Gasteiger partial charge in [-0.15, -0.1) is 0 Å². The molecule has 3 aromatic carbocycles. The molecule has 4 rings (SSSR count). The molecule has 0 saturated carbocycles. The topological polar surface area (TPSA) is 78.4 Å². The standard InChI is InChI=1S/C21H16N2O3/c1-22-16-10-11-17(23-12-6-8-13(24)9-7-12)19-18(16)20(25)14-4-2-3-5-15(14)21(19)26/h2-11,22-24H,1H3. The van der Waals surface area contributed by atoms with Crippen LogP contribution in [0.3, 0.4) is 0 Å². The first kappa shape index (κ1) is 15.9. The Morgan fingerprint density at radius 2 is 1.27 bits per heavy atom. The van der Waals surface area contributed by atoms with Crippen molar-refractivity contribution in [2.24, 2.45) is 0 Å². The van der Waals surface area contributed by atoms with Gasteiger partial charge >= 0.3 is 0 Å². The largest absolute Gasteiger partial charge is 0.508 e. The Balaban J connectivity index is 1.90. The van der Waals surface area contributed by atoms with Gasteiger partial charge in [0.2, 0.25) is 0 Å². The van der Waals surface area contributed by atoms with Crippen LogP contribution < -0.4 is 10.6 Å². The Morgan fingerprint density at radius 3 is 1.85 bits per heavy atom. The highest BCUT2D eigenvalue weighted by Crippen LogP contribution is 2.37. The molecule has 0 fully saturated rings. The van der Waals surface area contributed by atoms with Crippen molar-refractivity contribution in [2.45, 2.75) is 0 Å². The Hall–Kier alpha value is -3.60. The van der Waals surface area contributed by atoms with E-state index >= 15 is 0 Å². The van der Waals surface area contributed by atoms with Crippen molar-refractivity contribution in [1.82, 2.24) is 0 Å². The Labute approximate surface area is 150 Å². The normalized spacial score (nSPS) is 12.3. The molecule has 26 heavy (non-hydrogen) atoms. The number of nitrogens with one attached hydrogen (secondary N) is 2. The first-order valence-electron chi connectivity index (χ1n) is 8.19. The van der Waals surface area contributed by atoms with Crippen LogP contribution in [0.2, 0.25) is 0 Å². The molecule has 0 spiro atoms. The zero-order chi connectivity index (χ0) is 18.3. The first-order valence-corrected chi connectivity index (χ1v) is 8.19. The number of hydrogen-bond acceptors (Lipinski definition) is 5. The van der Waals surface area contributed by atoms with Crippen LogP contribution in [0.5, 0.6) is 5.75 Å². The predicted molar refractivity (Wildman–Crippen MR) is 101 cm³/mol. The van der Waals surface area contributed by atoms with Crippen LogP contribution in [0.15, 0.2) is 60.7 Å². The highest BCUT2D eigenvalue weighted by molar-refractivity contribution is 6.32. The van der Waals surface area contributed by atoms with Gasteiger partial charge in [-0.1, -0.05) is 24.3 Å². The van der Waals surface area contributed by atoms with E-state index in [1.807, 2.05) is 0 Å². The van der Waals surface area contributed by atoms with Gasteiger partial charge in [-0.25, -0.2) is 0 Å². The van der Waals surface area contributed by atoms with E-state index < -0.39 is 0 Å². The predicted octanol–water partition coefficient (Wildman–Crippen LogP) is 3.95. The lowest BCUT2D eigenvalue weighted by molar-refractivity contribution is 0.0980. The number of carbonyl (C=O) groups excluding carboxylic acids is 2. The highest BCUT2D eigenvalue weighted by Gasteiger charge is 2.33. The molecule has 0 radical (unpaired) electrons. The van der Waals surface area contributed by atoms with Crippen molar-refractivity contribution in [2.75, 3.05) is 17.7 Å². The van der Waals surface area contributed by atoms with Crippen LogP contribution in [-0.4, -0.2) is 23.7 Å². The quantitative estimate of drug-likeness (QED) is 0.491. The Morgan fingerprint density at radius 1 is 0.731 bits per heavy atom. The summed E-state index contributed by atoms with van der Waals surface area (Å²) in [6.45, 7) is 0. The highest BCUT2D eigenvalue weighted by atomic mass is 16.3. The van der Waals surface area contributed by atoms with Gasteiger partial charge < -0.3 is 15.7 Å². The third-order valence-electron chi connectivity index (χ3n) is 4.49. The summed E-state index contributed by atoms with van der Waals surface area (Å²) < 4.78 is 0. The maximum absolute atomic E-state index is 13.1. The number of benzene rings is 3. The van der Waals surface area contributed by atoms with Crippen molar-refractivity contribution >= 4 is 28.6 Å². The van der Waals surface area contributed by atoms with Crippen molar-refractivity contribution in [3.05, 3.63) is 82.9 Å². The number of phenolic OH excluding ortho intramolecular Hbond substituents is 1. The average Bonchev–Trinajstić information content (AvgIpc) is 2.67. The number of anilines is 3. The van der Waals surface area contributed by atoms with Gasteiger partial charge in [0.1, 0.15) is 5.75 Å². The van der Waals surface area contributed by atoms with E-state index in [4.69, 9.17) is 0 Å². The van der Waals surface area contributed by atoms with E-state index in [1.54, 1.807) is 67.7 Å². The number of aromatic hydroxyl groups is 1. The summed E-state index contributed by atoms with van der Waals surface area (Å²) in [6.07, 6.45) is 0. The number of phenols is 1. The summed E-state index contributed by atoms with van der Waals surface area (Å²) in [5.41, 5.74) is 3.44. The molecular formula is C21H16N2O3. The monoisotopic (exact) mass is 344 g/mol. The third kappa shape index (κ3) is 2.41. The number of rotatable bonds is 3. The number of carbonyl (C=O) groups is 2. The minimum absolute atomic E-state index is 0.156. The molecule has 3 aromatic rings. The van der Waals surface area contributed by atoms with E-state index in [9.17, 15) is 14.7 Å². The van der Waals surface area contributed by atoms with Gasteiger partial charge in [0.05, 0.1) is 16.8 Å². The fourth-order valence-corrected chi connectivity index (χ4v) is 3.24. The third-order valence-corrected chi connectivity index (χ3v) is 4.49. The van der Waals surface area contributed by atoms with Gasteiger partial charge in [-0.2, -0.15) is 0 Å². The molecule has 0 aliphatic heterocycles. The van der Waals surface area contributed by atoms with Crippen LogP contribution in [-0.2, 0) is 0 Å². The lowest BCUT2D eigenvalue weighted by Crippen LogP contribution is -2.23. The Bertz CT molecular complexity index is 1040. The number of ketones is 2. The van der Waals surface area contributed by atoms with E-state index in [1.165, 1.54) is 0 Å². The maximum Gasteiger partial charge on any atom is 0.196 e. The number of fused-ring (bicyclic) bond motifs is 2. The molecule has 128 valence electrons. The fraction of sp³-hybridized carbons (Fsp3) is 0.0476. The molecule has 3 N–H and O–H groups in total. The zero-order valence-electron chi connectivity index (χ0n) is 14.0. The van der Waals surface area contributed by atoms with Crippen LogP contribution >= 0.6 is 0 Å². The van der Waals surface area contributed by atoms with Crippen molar-refractivity contribution in [1.29, 1.82) is 0 Å². The summed E-state index contributed by atoms with van der Waals surface area (Å²) >= 11 is 0. The molecule has 0 amide bonds. The van der Waals surface area contributed by atoms with Crippen molar-refractivity contribution in [3.63, 3.8) is 0 Å². The Kier molecular flexibility index (Phi) is 3.69. The average molecular weight is 344 g/mol. The van der Waals surface area contributed by atoms with Crippen molar-refractivity contribution in [3.8, 4) is 5.75 Å². The van der Waals surface area contributed by atoms with Gasteiger partial charge in [-0.05, 0) is 36.4 Å². The zero-order valence-corrected chi connectivity index (χ0v) is 14.0. The van der Waals surface area contributed by atoms with Gasteiger partial charge in [0.25, 0.3) is 0 Å². The minimum atomic E-state index is -0.187. The molecule has 5 heteroatoms. The second-order valence-electron chi connectivity index (χ2n) is 6.04. The van der Waals surface area contributed by atoms with Gasteiger partial charge in [-0.3, -0.25) is 9.59 Å². The molecule has 0 atom stereocenters. The molecule has 0 unspecified atom stereocenters. The van der Waals surface area contributed by atoms with Gasteiger partial charge in [0.15, 0.2) is 11.6 Å². The molecule has 5 nitrogen and oxygen atoms in total. The lowest BCUT2D eigenvalue weighted by atomic mass is 9.82. The molecule has 1 aliphatic rings.